The van der Waals surface area contributed by atoms with Gasteiger partial charge in [-0.15, -0.1) is 0 Å². The molecule has 0 aliphatic heterocycles. The summed E-state index contributed by atoms with van der Waals surface area (Å²) < 4.78 is 2.73. The van der Waals surface area contributed by atoms with E-state index in [0.717, 1.165) is 41.4 Å². The van der Waals surface area contributed by atoms with Crippen molar-refractivity contribution in [3.63, 3.8) is 0 Å². The number of halogens is 1. The first-order valence-electron chi connectivity index (χ1n) is 6.90. The summed E-state index contributed by atoms with van der Waals surface area (Å²) in [7, 11) is 0. The summed E-state index contributed by atoms with van der Waals surface area (Å²) in [6.45, 7) is 2.74. The van der Waals surface area contributed by atoms with E-state index < -0.39 is 0 Å². The van der Waals surface area contributed by atoms with Gasteiger partial charge in [0.1, 0.15) is 0 Å². The molecule has 0 aliphatic carbocycles. The summed E-state index contributed by atoms with van der Waals surface area (Å²) in [5.41, 5.74) is 1.66. The number of hydrogen-bond donors (Lipinski definition) is 0. The predicted molar refractivity (Wildman–Crippen MR) is 88.4 cm³/mol. The Morgan fingerprint density at radius 2 is 2.15 bits per heavy atom. The average Bonchev–Trinajstić information content (AvgIpc) is 2.74. The van der Waals surface area contributed by atoms with E-state index in [4.69, 9.17) is 0 Å². The predicted octanol–water partition coefficient (Wildman–Crippen LogP) is 4.22. The molecule has 0 radical (unpaired) electrons. The second kappa shape index (κ2) is 7.18. The first kappa shape index (κ1) is 15.4. The van der Waals surface area contributed by atoms with Gasteiger partial charge in [-0.25, -0.2) is 0 Å². The Kier molecular flexibility index (Phi) is 5.54. The quantitative estimate of drug-likeness (QED) is 0.423. The van der Waals surface area contributed by atoms with Gasteiger partial charge in [0.15, 0.2) is 5.78 Å². The van der Waals surface area contributed by atoms with Crippen LogP contribution in [0.5, 0.6) is 0 Å². The average molecular weight is 356 g/mol. The number of benzene rings is 1. The van der Waals surface area contributed by atoms with Gasteiger partial charge in [0.2, 0.25) is 0 Å². The molecule has 108 valence electrons. The van der Waals surface area contributed by atoms with Crippen LogP contribution in [-0.4, -0.2) is 15.7 Å². The molecule has 1 aromatic heterocycles. The van der Waals surface area contributed by atoms with E-state index in [0.29, 0.717) is 12.0 Å². The summed E-state index contributed by atoms with van der Waals surface area (Å²) in [6.07, 6.45) is 3.44. The van der Waals surface area contributed by atoms with Gasteiger partial charge in [-0.05, 0) is 37.5 Å². The van der Waals surface area contributed by atoms with Gasteiger partial charge in [-0.1, -0.05) is 34.2 Å². The fourth-order valence-electron chi connectivity index (χ4n) is 2.19. The topological polar surface area (TPSA) is 39.1 Å². The number of carbonyl (C=O) groups is 1. The SMILES string of the molecule is CCCC(=O)c1ccc2c(c1)sc(=O)n2CCCCBr. The molecule has 0 atom stereocenters. The Labute approximate surface area is 130 Å². The minimum atomic E-state index is 0.0645. The summed E-state index contributed by atoms with van der Waals surface area (Å²) in [5, 5.41) is 0.958. The van der Waals surface area contributed by atoms with Gasteiger partial charge in [-0.3, -0.25) is 14.2 Å². The van der Waals surface area contributed by atoms with Crippen LogP contribution in [0.1, 0.15) is 43.0 Å². The molecule has 0 N–H and O–H groups in total. The van der Waals surface area contributed by atoms with E-state index in [9.17, 15) is 9.59 Å². The Hall–Kier alpha value is -0.940. The van der Waals surface area contributed by atoms with Crippen molar-refractivity contribution in [1.29, 1.82) is 0 Å². The number of thiazole rings is 1. The zero-order chi connectivity index (χ0) is 14.5. The van der Waals surface area contributed by atoms with Gasteiger partial charge in [0.25, 0.3) is 0 Å². The van der Waals surface area contributed by atoms with Gasteiger partial charge >= 0.3 is 4.87 Å². The van der Waals surface area contributed by atoms with Gasteiger partial charge in [-0.2, -0.15) is 0 Å². The minimum absolute atomic E-state index is 0.0645. The van der Waals surface area contributed by atoms with Crippen LogP contribution in [0, 0.1) is 0 Å². The van der Waals surface area contributed by atoms with Crippen molar-refractivity contribution in [2.24, 2.45) is 0 Å². The molecule has 0 bridgehead atoms. The third kappa shape index (κ3) is 3.38. The van der Waals surface area contributed by atoms with Crippen LogP contribution in [0.25, 0.3) is 10.2 Å². The summed E-state index contributed by atoms with van der Waals surface area (Å²) in [4.78, 5) is 24.0. The van der Waals surface area contributed by atoms with E-state index in [2.05, 4.69) is 15.9 Å². The maximum absolute atomic E-state index is 12.0. The summed E-state index contributed by atoms with van der Waals surface area (Å²) in [6, 6.07) is 5.61. The number of aromatic nitrogens is 1. The highest BCUT2D eigenvalue weighted by Crippen LogP contribution is 2.20. The molecule has 0 amide bonds. The normalized spacial score (nSPS) is 11.1. The maximum Gasteiger partial charge on any atom is 0.308 e. The van der Waals surface area contributed by atoms with Crippen molar-refractivity contribution in [3.05, 3.63) is 33.4 Å². The number of ketones is 1. The molecule has 1 heterocycles. The Balaban J connectivity index is 2.31. The molecule has 0 saturated heterocycles. The number of alkyl halides is 1. The Morgan fingerprint density at radius 1 is 1.35 bits per heavy atom. The molecule has 1 aromatic carbocycles. The van der Waals surface area contributed by atoms with Crippen molar-refractivity contribution < 1.29 is 4.79 Å². The first-order chi connectivity index (χ1) is 9.67. The molecule has 0 saturated carbocycles. The standard InChI is InChI=1S/C15H18BrNO2S/c1-2-5-13(18)11-6-7-12-14(10-11)20-15(19)17(12)9-4-3-8-16/h6-7,10H,2-5,8-9H2,1H3. The third-order valence-corrected chi connectivity index (χ3v) is 4.74. The molecule has 3 nitrogen and oxygen atoms in total. The fraction of sp³-hybridized carbons (Fsp3) is 0.467. The van der Waals surface area contributed by atoms with E-state index in [1.807, 2.05) is 29.7 Å². The van der Waals surface area contributed by atoms with Crippen molar-refractivity contribution in [1.82, 2.24) is 4.57 Å². The second-order valence-electron chi connectivity index (χ2n) is 4.77. The maximum atomic E-state index is 12.0. The fourth-order valence-corrected chi connectivity index (χ4v) is 3.54. The van der Waals surface area contributed by atoms with Crippen molar-refractivity contribution >= 4 is 43.3 Å². The highest BCUT2D eigenvalue weighted by atomic mass is 79.9. The smallest absolute Gasteiger partial charge is 0.299 e. The molecule has 0 aliphatic rings. The molecular formula is C15H18BrNO2S. The molecule has 20 heavy (non-hydrogen) atoms. The highest BCUT2D eigenvalue weighted by molar-refractivity contribution is 9.09. The van der Waals surface area contributed by atoms with Crippen LogP contribution >= 0.6 is 27.3 Å². The number of fused-ring (bicyclic) bond motifs is 1. The number of Topliss-reactive ketones (excluding diaryl/α,β-unsaturated/α-hetero) is 1. The number of hydrogen-bond acceptors (Lipinski definition) is 3. The molecular weight excluding hydrogens is 338 g/mol. The number of nitrogens with zero attached hydrogens (tertiary/aromatic N) is 1. The highest BCUT2D eigenvalue weighted by Gasteiger charge is 2.11. The van der Waals surface area contributed by atoms with Crippen molar-refractivity contribution in [2.75, 3.05) is 5.33 Å². The van der Waals surface area contributed by atoms with Crippen LogP contribution < -0.4 is 4.87 Å². The molecule has 0 spiro atoms. The third-order valence-electron chi connectivity index (χ3n) is 3.23. The second-order valence-corrected chi connectivity index (χ2v) is 6.56. The summed E-state index contributed by atoms with van der Waals surface area (Å²) in [5.74, 6) is 0.154. The van der Waals surface area contributed by atoms with E-state index >= 15 is 0 Å². The van der Waals surface area contributed by atoms with Crippen LogP contribution in [0.15, 0.2) is 23.0 Å². The van der Waals surface area contributed by atoms with E-state index in [1.54, 1.807) is 0 Å². The molecule has 2 rings (SSSR count). The molecule has 0 fully saturated rings. The lowest BCUT2D eigenvalue weighted by Crippen LogP contribution is -2.12. The lowest BCUT2D eigenvalue weighted by atomic mass is 10.1. The Morgan fingerprint density at radius 3 is 2.85 bits per heavy atom. The van der Waals surface area contributed by atoms with Crippen molar-refractivity contribution in [2.45, 2.75) is 39.2 Å². The Bertz CT molecular complexity index is 659. The van der Waals surface area contributed by atoms with Crippen LogP contribution in [0.2, 0.25) is 0 Å². The molecule has 0 unspecified atom stereocenters. The van der Waals surface area contributed by atoms with Crippen LogP contribution in [-0.2, 0) is 6.54 Å². The summed E-state index contributed by atoms with van der Waals surface area (Å²) >= 11 is 4.63. The van der Waals surface area contributed by atoms with Gasteiger partial charge < -0.3 is 0 Å². The van der Waals surface area contributed by atoms with Crippen molar-refractivity contribution in [3.8, 4) is 0 Å². The number of aryl methyl sites for hydroxylation is 1. The molecule has 5 heteroatoms. The minimum Gasteiger partial charge on any atom is -0.299 e. The lowest BCUT2D eigenvalue weighted by molar-refractivity contribution is 0.0982. The number of carbonyl (C=O) groups excluding carboxylic acids is 1. The van der Waals surface area contributed by atoms with Gasteiger partial charge in [0, 0.05) is 23.9 Å². The largest absolute Gasteiger partial charge is 0.308 e. The zero-order valence-electron chi connectivity index (χ0n) is 11.5. The van der Waals surface area contributed by atoms with E-state index in [-0.39, 0.29) is 10.7 Å². The number of unbranched alkanes of at least 4 members (excludes halogenated alkanes) is 1. The molecule has 2 aromatic rings. The van der Waals surface area contributed by atoms with Gasteiger partial charge in [0.05, 0.1) is 10.2 Å². The van der Waals surface area contributed by atoms with Crippen LogP contribution in [0.4, 0.5) is 0 Å². The number of rotatable bonds is 7. The van der Waals surface area contributed by atoms with E-state index in [1.165, 1.54) is 11.3 Å². The van der Waals surface area contributed by atoms with Crippen LogP contribution in [0.3, 0.4) is 0 Å². The lowest BCUT2D eigenvalue weighted by Gasteiger charge is -2.04. The monoisotopic (exact) mass is 355 g/mol. The first-order valence-corrected chi connectivity index (χ1v) is 8.83. The zero-order valence-corrected chi connectivity index (χ0v) is 13.9.